The van der Waals surface area contributed by atoms with Crippen molar-refractivity contribution in [1.29, 1.82) is 0 Å². The Labute approximate surface area is 825 Å². The highest BCUT2D eigenvalue weighted by atomic mass is 16.5. The standard InChI is InChI=1S/C27H35N5O3.C25H28N4O3.C21H19N3O3.2C19H20N2O3/c1-5-32(6-2)15-14-28-17-20-18-29-22-11-9-10-21(25(20)22)26-30-27(35-31-26)19-12-13-23(33-7-3)24(16-19)34-8-4;1-3-30-21-11-10-17(14-22(21)31-4-2)25-27-24(28-32-25)19-8-7-9-20-23(19)18(15-26-20)16-29-12-5-6-13-29;1-3-25-18-10-9-15(12-19(18)26-4-2)21-23-20(24-27-21)17-11-14-7-5-6-8-16(14)13-22-17;1-4-22-16-11-10-15(12-17(16)23-5-2)19-20-18(21-24-19)14-8-6-13(3)7-9-14;1-4-22-16-10-9-15(12-17(16)23-5-2)19-20-18(21-24-19)14-8-6-7-13(3)11-14/h9-13,16,18,28-29H,5-8,14-15,17H2,1-4H3;7-11,14-15,26H,3-6,12-13,16H2,1-2H3;5-13H,3-4H2,1-2H3;2*6-12H,4-5H2,1-3H3. The maximum Gasteiger partial charge on any atom is 0.258 e. The second-order valence-corrected chi connectivity index (χ2v) is 32.7. The number of aromatic amines is 2. The summed E-state index contributed by atoms with van der Waals surface area (Å²) in [6, 6.07) is 66.4. The van der Waals surface area contributed by atoms with Crippen LogP contribution in [0.1, 0.15) is 118 Å². The first-order chi connectivity index (χ1) is 69.6. The van der Waals surface area contributed by atoms with Gasteiger partial charge in [0.15, 0.2) is 57.5 Å². The summed E-state index contributed by atoms with van der Waals surface area (Å²) in [5.41, 5.74) is 15.3. The van der Waals surface area contributed by atoms with Gasteiger partial charge < -0.3 is 90.2 Å². The number of pyridine rings is 1. The summed E-state index contributed by atoms with van der Waals surface area (Å²) in [5.74, 6) is 11.8. The molecule has 0 bridgehead atoms. The third kappa shape index (κ3) is 25.5. The molecule has 9 heterocycles. The fraction of sp³-hybridized carbons (Fsp3) is 0.306. The highest BCUT2D eigenvalue weighted by Gasteiger charge is 2.25. The molecule has 142 heavy (non-hydrogen) atoms. The number of rotatable bonds is 39. The van der Waals surface area contributed by atoms with Gasteiger partial charge in [-0.3, -0.25) is 9.88 Å². The molecule has 0 saturated carbocycles. The van der Waals surface area contributed by atoms with Gasteiger partial charge in [-0.1, -0.05) is 142 Å². The predicted octanol–water partition coefficient (Wildman–Crippen LogP) is 24.2. The quantitative estimate of drug-likeness (QED) is 0.0301. The zero-order valence-corrected chi connectivity index (χ0v) is 82.9. The second kappa shape index (κ2) is 50.2. The highest BCUT2D eigenvalue weighted by molar-refractivity contribution is 5.97. The van der Waals surface area contributed by atoms with Crippen molar-refractivity contribution in [2.24, 2.45) is 0 Å². The number of likely N-dealkylation sites (N-methyl/N-ethyl adjacent to an activating group) is 1. The summed E-state index contributed by atoms with van der Waals surface area (Å²) in [5, 5.41) is 28.8. The maximum atomic E-state index is 5.75. The highest BCUT2D eigenvalue weighted by Crippen LogP contribution is 2.42. The van der Waals surface area contributed by atoms with Gasteiger partial charge in [0.05, 0.1) is 66.1 Å². The molecule has 0 radical (unpaired) electrons. The fourth-order valence-corrected chi connectivity index (χ4v) is 16.2. The summed E-state index contributed by atoms with van der Waals surface area (Å²) in [7, 11) is 0. The Morgan fingerprint density at radius 1 is 0.331 bits per heavy atom. The van der Waals surface area contributed by atoms with E-state index in [1.165, 1.54) is 29.5 Å². The number of nitrogens with one attached hydrogen (secondary N) is 3. The van der Waals surface area contributed by atoms with Gasteiger partial charge in [-0.2, -0.15) is 24.9 Å². The molecule has 0 spiro atoms. The lowest BCUT2D eigenvalue weighted by Crippen LogP contribution is -2.31. The van der Waals surface area contributed by atoms with Crippen molar-refractivity contribution in [1.82, 2.24) is 80.8 Å². The maximum absolute atomic E-state index is 5.75. The first-order valence-electron chi connectivity index (χ1n) is 48.7. The van der Waals surface area contributed by atoms with Crippen LogP contribution in [0.4, 0.5) is 0 Å². The van der Waals surface area contributed by atoms with Crippen molar-refractivity contribution in [3.63, 3.8) is 0 Å². The number of fused-ring (bicyclic) bond motifs is 3. The SMILES string of the molecule is CCOc1ccc(-c2nc(-c3cc4ccccc4cn3)no2)cc1OCC.CCOc1ccc(-c2nc(-c3ccc(C)cc3)no2)cc1OCC.CCOc1ccc(-c2nc(-c3cccc(C)c3)no2)cc1OCC.CCOc1ccc(-c2nc(-c3cccc4[nH]cc(CN5CCCC5)c34)no2)cc1OCC.CCOc1ccc(-c2nc(-c3cccc4[nH]cc(CNCCN(CC)CC)c34)no2)cc1OCC. The summed E-state index contributed by atoms with van der Waals surface area (Å²) in [6.07, 6.45) is 8.52. The molecule has 10 aromatic carbocycles. The number of benzene rings is 10. The van der Waals surface area contributed by atoms with E-state index in [0.717, 1.165) is 141 Å². The number of aromatic nitrogens is 13. The third-order valence-corrected chi connectivity index (χ3v) is 23.0. The molecule has 0 atom stereocenters. The summed E-state index contributed by atoms with van der Waals surface area (Å²) in [4.78, 5) is 39.1. The molecule has 1 aliphatic heterocycles. The van der Waals surface area contributed by atoms with Crippen molar-refractivity contribution >= 4 is 32.6 Å². The molecule has 0 unspecified atom stereocenters. The van der Waals surface area contributed by atoms with E-state index in [9.17, 15) is 0 Å². The monoisotopic (exact) mass is 1920 g/mol. The fourth-order valence-electron chi connectivity index (χ4n) is 16.2. The molecule has 31 nitrogen and oxygen atoms in total. The van der Waals surface area contributed by atoms with Crippen LogP contribution in [-0.4, -0.2) is 181 Å². The lowest BCUT2D eigenvalue weighted by Gasteiger charge is -2.17. The largest absolute Gasteiger partial charge is 0.490 e. The van der Waals surface area contributed by atoms with Gasteiger partial charge in [0.25, 0.3) is 29.5 Å². The minimum Gasteiger partial charge on any atom is -0.490 e. The summed E-state index contributed by atoms with van der Waals surface area (Å²) < 4.78 is 84.1. The number of likely N-dealkylation sites (tertiary alicyclic amines) is 1. The van der Waals surface area contributed by atoms with Crippen molar-refractivity contribution in [3.8, 4) is 172 Å². The van der Waals surface area contributed by atoms with E-state index >= 15 is 0 Å². The molecule has 736 valence electrons. The summed E-state index contributed by atoms with van der Waals surface area (Å²) >= 11 is 0. The van der Waals surface area contributed by atoms with E-state index in [0.29, 0.717) is 188 Å². The first kappa shape index (κ1) is 101. The van der Waals surface area contributed by atoms with E-state index in [1.807, 2.05) is 277 Å². The smallest absolute Gasteiger partial charge is 0.258 e. The lowest BCUT2D eigenvalue weighted by atomic mass is 10.1. The molecule has 1 aliphatic rings. The van der Waals surface area contributed by atoms with Crippen molar-refractivity contribution in [2.45, 2.75) is 123 Å². The zero-order chi connectivity index (χ0) is 99.1. The van der Waals surface area contributed by atoms with E-state index in [-0.39, 0.29) is 0 Å². The second-order valence-electron chi connectivity index (χ2n) is 32.7. The Kier molecular flexibility index (Phi) is 35.6. The van der Waals surface area contributed by atoms with Gasteiger partial charge in [-0.25, -0.2) is 0 Å². The van der Waals surface area contributed by atoms with Crippen LogP contribution in [0.2, 0.25) is 0 Å². The lowest BCUT2D eigenvalue weighted by molar-refractivity contribution is 0.288. The van der Waals surface area contributed by atoms with Crippen LogP contribution in [-0.2, 0) is 13.1 Å². The van der Waals surface area contributed by atoms with Crippen LogP contribution in [0.5, 0.6) is 57.5 Å². The van der Waals surface area contributed by atoms with E-state index in [2.05, 4.69) is 115 Å². The number of ether oxygens (including phenoxy) is 10. The number of nitrogens with zero attached hydrogens (tertiary/aromatic N) is 13. The Morgan fingerprint density at radius 2 is 0.690 bits per heavy atom. The molecule has 31 heteroatoms. The molecule has 3 N–H and O–H groups in total. The van der Waals surface area contributed by atoms with Crippen LogP contribution in [0.15, 0.2) is 247 Å². The molecular formula is C111H122N16O15. The molecule has 0 amide bonds. The third-order valence-electron chi connectivity index (χ3n) is 23.0. The van der Waals surface area contributed by atoms with Crippen molar-refractivity contribution < 1.29 is 70.0 Å². The number of aryl methyl sites for hydroxylation is 2. The number of H-pyrrole nitrogens is 2. The number of hydrogen-bond donors (Lipinski definition) is 3. The Balaban J connectivity index is 0.000000135. The van der Waals surface area contributed by atoms with Crippen LogP contribution >= 0.6 is 0 Å². The minimum atomic E-state index is 0.406. The Morgan fingerprint density at radius 3 is 1.11 bits per heavy atom. The van der Waals surface area contributed by atoms with Gasteiger partial charge in [-0.05, 0) is 254 Å². The zero-order valence-electron chi connectivity index (χ0n) is 82.9. The molecule has 1 fully saturated rings. The van der Waals surface area contributed by atoms with Crippen LogP contribution in [0, 0.1) is 13.8 Å². The molecule has 1 saturated heterocycles. The van der Waals surface area contributed by atoms with E-state index in [4.69, 9.17) is 80.0 Å². The van der Waals surface area contributed by atoms with Crippen molar-refractivity contribution in [3.05, 3.63) is 247 Å². The van der Waals surface area contributed by atoms with Crippen molar-refractivity contribution in [2.75, 3.05) is 105 Å². The van der Waals surface area contributed by atoms with Gasteiger partial charge in [0.1, 0.15) is 5.69 Å². The van der Waals surface area contributed by atoms with Crippen LogP contribution < -0.4 is 52.7 Å². The van der Waals surface area contributed by atoms with E-state index < -0.39 is 0 Å². The van der Waals surface area contributed by atoms with Gasteiger partial charge in [0, 0.05) is 122 Å². The molecule has 0 aliphatic carbocycles. The average Bonchev–Trinajstić information content (AvgIpc) is 1.63. The molecule has 19 rings (SSSR count). The van der Waals surface area contributed by atoms with Gasteiger partial charge >= 0.3 is 0 Å². The molecule has 8 aromatic heterocycles. The predicted molar refractivity (Wildman–Crippen MR) is 550 cm³/mol. The van der Waals surface area contributed by atoms with Crippen LogP contribution in [0.3, 0.4) is 0 Å². The van der Waals surface area contributed by atoms with Gasteiger partial charge in [-0.15, -0.1) is 0 Å². The normalized spacial score (nSPS) is 11.7. The van der Waals surface area contributed by atoms with Crippen LogP contribution in [0.25, 0.3) is 147 Å². The topological polar surface area (TPSA) is 350 Å². The first-order valence-corrected chi connectivity index (χ1v) is 48.7. The van der Waals surface area contributed by atoms with E-state index in [1.54, 1.807) is 0 Å². The molecule has 18 aromatic rings. The number of hydrogen-bond acceptors (Lipinski definition) is 29. The average molecular weight is 1920 g/mol. The molecular weight excluding hydrogens is 1800 g/mol. The summed E-state index contributed by atoms with van der Waals surface area (Å²) in [6.45, 7) is 41.6. The Hall–Kier alpha value is -15.7. The minimum absolute atomic E-state index is 0.406. The van der Waals surface area contributed by atoms with Gasteiger partial charge in [0.2, 0.25) is 29.1 Å². The Bertz CT molecular complexity index is 7070.